The van der Waals surface area contributed by atoms with E-state index in [1.54, 1.807) is 6.54 Å². The molecule has 2 N–H and O–H groups in total. The van der Waals surface area contributed by atoms with Crippen LogP contribution in [0.5, 0.6) is 0 Å². The smallest absolute Gasteiger partial charge is 0 e. The molecular formula is C13H27N2O2Y3-3. The summed E-state index contributed by atoms with van der Waals surface area (Å²) in [7, 11) is 0. The van der Waals surface area contributed by atoms with Gasteiger partial charge in [-0.25, -0.2) is 12.6 Å². The summed E-state index contributed by atoms with van der Waals surface area (Å²) in [4.78, 5) is 0. The van der Waals surface area contributed by atoms with Crippen molar-refractivity contribution < 1.29 is 109 Å². The Hall–Kier alpha value is 3.15. The molecule has 3 radical (unpaired) electrons. The van der Waals surface area contributed by atoms with Crippen molar-refractivity contribution in [1.82, 2.24) is 10.1 Å². The van der Waals surface area contributed by atoms with Crippen molar-refractivity contribution in [2.45, 2.75) is 65.5 Å². The summed E-state index contributed by atoms with van der Waals surface area (Å²) >= 11 is 0. The SMILES string of the molecule is [CH2-]CC(C)(C)N(O)[CH-]CC(C)(C)N(O)[C-](C)C.[Y].[Y].[Y]. The zero-order valence-corrected chi connectivity index (χ0v) is 22.2. The van der Waals surface area contributed by atoms with Crippen LogP contribution in [0.1, 0.15) is 54.4 Å². The summed E-state index contributed by atoms with van der Waals surface area (Å²) in [6, 6.07) is 0.823. The van der Waals surface area contributed by atoms with Crippen LogP contribution in [-0.4, -0.2) is 31.6 Å². The quantitative estimate of drug-likeness (QED) is 0.408. The molecule has 0 heterocycles. The maximum absolute atomic E-state index is 9.89. The standard InChI is InChI=1S/C13H27N2O2.3Y/c1-8-12(4,5)14(16)10-9-13(6,7)15(17)11(2)3;;;/h10,16-17H,1,8-9H2,2-7H3;;;/q-3;;;. The van der Waals surface area contributed by atoms with Crippen LogP contribution in [0.3, 0.4) is 0 Å². The van der Waals surface area contributed by atoms with Crippen molar-refractivity contribution in [3.8, 4) is 0 Å². The summed E-state index contributed by atoms with van der Waals surface area (Å²) in [6.45, 7) is 16.8. The van der Waals surface area contributed by atoms with E-state index in [1.807, 2.05) is 41.5 Å². The first-order chi connectivity index (χ1) is 7.54. The van der Waals surface area contributed by atoms with Gasteiger partial charge in [-0.1, -0.05) is 0 Å². The molecule has 0 saturated carbocycles. The summed E-state index contributed by atoms with van der Waals surface area (Å²) < 4.78 is 0. The number of hydrogen-bond donors (Lipinski definition) is 2. The molecule has 0 aliphatic carbocycles. The van der Waals surface area contributed by atoms with Crippen LogP contribution in [-0.2, 0) is 98.1 Å². The minimum absolute atomic E-state index is 0. The molecule has 0 spiro atoms. The van der Waals surface area contributed by atoms with Gasteiger partial charge in [-0.3, -0.25) is 0 Å². The minimum atomic E-state index is -0.447. The molecule has 0 fully saturated rings. The Kier molecular flexibility index (Phi) is 20.8. The van der Waals surface area contributed by atoms with Crippen LogP contribution in [0.4, 0.5) is 0 Å². The van der Waals surface area contributed by atoms with Crippen molar-refractivity contribution in [1.29, 1.82) is 0 Å². The molecule has 20 heavy (non-hydrogen) atoms. The molecule has 0 aliphatic rings. The van der Waals surface area contributed by atoms with Crippen LogP contribution < -0.4 is 0 Å². The molecule has 0 bridgehead atoms. The summed E-state index contributed by atoms with van der Waals surface area (Å²) in [5.74, 6) is 0. The van der Waals surface area contributed by atoms with Gasteiger partial charge >= 0.3 is 0 Å². The molecule has 0 aromatic carbocycles. The van der Waals surface area contributed by atoms with E-state index in [4.69, 9.17) is 0 Å². The second-order valence-electron chi connectivity index (χ2n) is 5.87. The van der Waals surface area contributed by atoms with Gasteiger partial charge in [-0.05, 0) is 38.8 Å². The fourth-order valence-electron chi connectivity index (χ4n) is 1.36. The summed E-state index contributed by atoms with van der Waals surface area (Å²) in [5, 5.41) is 22.2. The number of rotatable bonds is 7. The third-order valence-corrected chi connectivity index (χ3v) is 2.99. The molecule has 0 unspecified atom stereocenters. The molecule has 0 aromatic rings. The Labute approximate surface area is 200 Å². The van der Waals surface area contributed by atoms with E-state index in [0.717, 1.165) is 6.04 Å². The largest absolute Gasteiger partial charge is 0.345 e. The topological polar surface area (TPSA) is 46.9 Å². The summed E-state index contributed by atoms with van der Waals surface area (Å²) in [5.41, 5.74) is -0.835. The molecule has 0 atom stereocenters. The Morgan fingerprint density at radius 3 is 1.70 bits per heavy atom. The number of nitrogens with zero attached hydrogens (tertiary/aromatic N) is 2. The van der Waals surface area contributed by atoms with E-state index in [2.05, 4.69) is 6.92 Å². The van der Waals surface area contributed by atoms with Crippen LogP contribution in [0.15, 0.2) is 0 Å². The fraction of sp³-hybridized carbons (Fsp3) is 0.769. The van der Waals surface area contributed by atoms with Crippen molar-refractivity contribution >= 4 is 0 Å². The van der Waals surface area contributed by atoms with Crippen LogP contribution in [0.25, 0.3) is 0 Å². The van der Waals surface area contributed by atoms with Gasteiger partial charge in [0.25, 0.3) is 0 Å². The molecule has 0 rings (SSSR count). The van der Waals surface area contributed by atoms with Crippen LogP contribution in [0, 0.1) is 19.5 Å². The average molecular weight is 510 g/mol. The van der Waals surface area contributed by atoms with E-state index >= 15 is 0 Å². The van der Waals surface area contributed by atoms with Gasteiger partial charge in [0.15, 0.2) is 0 Å². The maximum Gasteiger partial charge on any atom is 0 e. The monoisotopic (exact) mass is 510 g/mol. The predicted octanol–water partition coefficient (Wildman–Crippen LogP) is 3.27. The molecule has 4 nitrogen and oxygen atoms in total. The second-order valence-corrected chi connectivity index (χ2v) is 5.87. The van der Waals surface area contributed by atoms with Gasteiger partial charge in [-0.15, -0.1) is 6.42 Å². The molecule has 0 aromatic heterocycles. The minimum Gasteiger partial charge on any atom is -0.345 e. The Morgan fingerprint density at radius 1 is 1.00 bits per heavy atom. The zero-order chi connectivity index (χ0) is 13.9. The van der Waals surface area contributed by atoms with Gasteiger partial charge in [0.2, 0.25) is 0 Å². The van der Waals surface area contributed by atoms with E-state index in [-0.39, 0.29) is 104 Å². The Balaban J connectivity index is -0.000000427. The van der Waals surface area contributed by atoms with Crippen LogP contribution >= 0.6 is 0 Å². The first kappa shape index (κ1) is 31.0. The molecule has 0 aliphatic heterocycles. The number of hydroxylamine groups is 4. The Bertz CT molecular complexity index is 240. The van der Waals surface area contributed by atoms with Gasteiger partial charge in [0.1, 0.15) is 0 Å². The van der Waals surface area contributed by atoms with Crippen molar-refractivity contribution in [2.24, 2.45) is 0 Å². The van der Waals surface area contributed by atoms with Gasteiger partial charge in [0, 0.05) is 98.1 Å². The van der Waals surface area contributed by atoms with Gasteiger partial charge in [0.05, 0.1) is 0 Å². The molecule has 0 amide bonds. The average Bonchev–Trinajstić information content (AvgIpc) is 2.24. The first-order valence-corrected chi connectivity index (χ1v) is 5.94. The normalized spacial score (nSPS) is 12.0. The second kappa shape index (κ2) is 13.4. The number of hydrogen-bond acceptors (Lipinski definition) is 4. The third kappa shape index (κ3) is 10.8. The molecule has 113 valence electrons. The van der Waals surface area contributed by atoms with Crippen molar-refractivity contribution in [3.63, 3.8) is 0 Å². The van der Waals surface area contributed by atoms with E-state index < -0.39 is 5.54 Å². The van der Waals surface area contributed by atoms with E-state index in [0.29, 0.717) is 12.8 Å². The fourth-order valence-corrected chi connectivity index (χ4v) is 1.36. The predicted molar refractivity (Wildman–Crippen MR) is 68.9 cm³/mol. The third-order valence-electron chi connectivity index (χ3n) is 2.99. The van der Waals surface area contributed by atoms with Gasteiger partial charge < -0.3 is 27.5 Å². The van der Waals surface area contributed by atoms with Crippen molar-refractivity contribution in [2.75, 3.05) is 0 Å². The molecule has 7 heteroatoms. The maximum atomic E-state index is 9.89. The van der Waals surface area contributed by atoms with E-state index in [1.165, 1.54) is 10.1 Å². The zero-order valence-electron chi connectivity index (χ0n) is 13.7. The van der Waals surface area contributed by atoms with Crippen LogP contribution in [0.2, 0.25) is 0 Å². The van der Waals surface area contributed by atoms with E-state index in [9.17, 15) is 10.4 Å². The van der Waals surface area contributed by atoms with Crippen molar-refractivity contribution in [3.05, 3.63) is 19.5 Å². The Morgan fingerprint density at radius 2 is 1.40 bits per heavy atom. The van der Waals surface area contributed by atoms with Gasteiger partial charge in [-0.2, -0.15) is 20.3 Å². The molecular weight excluding hydrogens is 483 g/mol. The summed E-state index contributed by atoms with van der Waals surface area (Å²) in [6.07, 6.45) is 1.14. The first-order valence-electron chi connectivity index (χ1n) is 5.94. The molecule has 0 saturated heterocycles.